The number of likely N-dealkylation sites (tertiary alicyclic amines) is 1. The Balaban J connectivity index is 1.94. The molecule has 2 amide bonds. The van der Waals surface area contributed by atoms with Gasteiger partial charge in [-0.15, -0.1) is 0 Å². The van der Waals surface area contributed by atoms with E-state index in [9.17, 15) is 22.8 Å². The zero-order valence-electron chi connectivity index (χ0n) is 16.0. The number of carbonyl (C=O) groups excluding carboxylic acids is 2. The first-order valence-electron chi connectivity index (χ1n) is 9.27. The third kappa shape index (κ3) is 5.37. The number of nitrogens with zero attached hydrogens (tertiary/aromatic N) is 1. The lowest BCUT2D eigenvalue weighted by Crippen LogP contribution is -2.43. The molecule has 1 aliphatic rings. The second-order valence-electron chi connectivity index (χ2n) is 7.01. The van der Waals surface area contributed by atoms with Gasteiger partial charge in [-0.3, -0.25) is 4.79 Å². The predicted octanol–water partition coefficient (Wildman–Crippen LogP) is 2.35. The molecule has 2 rings (SSSR count). The second kappa shape index (κ2) is 9.77. The molecule has 1 aliphatic heterocycles. The molecular weight excluding hydrogens is 375 g/mol. The van der Waals surface area contributed by atoms with Crippen LogP contribution in [0.4, 0.5) is 18.0 Å². The summed E-state index contributed by atoms with van der Waals surface area (Å²) in [5.41, 5.74) is 5.90. The number of amides is 2. The van der Waals surface area contributed by atoms with Crippen LogP contribution in [0.15, 0.2) is 12.1 Å². The lowest BCUT2D eigenvalue weighted by atomic mass is 9.97. The van der Waals surface area contributed by atoms with Gasteiger partial charge in [0.25, 0.3) is 0 Å². The van der Waals surface area contributed by atoms with Crippen LogP contribution in [0, 0.1) is 23.4 Å². The van der Waals surface area contributed by atoms with Gasteiger partial charge in [0.1, 0.15) is 5.82 Å². The minimum absolute atomic E-state index is 0.0356. The van der Waals surface area contributed by atoms with Crippen LogP contribution in [0.25, 0.3) is 0 Å². The number of rotatable bonds is 7. The van der Waals surface area contributed by atoms with Gasteiger partial charge in [-0.2, -0.15) is 0 Å². The van der Waals surface area contributed by atoms with E-state index >= 15 is 0 Å². The van der Waals surface area contributed by atoms with Gasteiger partial charge in [0.05, 0.1) is 7.11 Å². The fraction of sp³-hybridized carbons (Fsp3) is 0.579. The Morgan fingerprint density at radius 3 is 2.61 bits per heavy atom. The van der Waals surface area contributed by atoms with Crippen LogP contribution in [0.2, 0.25) is 0 Å². The molecular formula is C19H26F3N3O3. The van der Waals surface area contributed by atoms with Crippen LogP contribution >= 0.6 is 0 Å². The van der Waals surface area contributed by atoms with Crippen molar-refractivity contribution in [2.24, 2.45) is 11.7 Å². The van der Waals surface area contributed by atoms with E-state index in [4.69, 9.17) is 5.73 Å². The Bertz CT molecular complexity index is 717. The van der Waals surface area contributed by atoms with Gasteiger partial charge in [0.15, 0.2) is 11.6 Å². The van der Waals surface area contributed by atoms with Crippen molar-refractivity contribution in [3.8, 4) is 0 Å². The van der Waals surface area contributed by atoms with Gasteiger partial charge in [0, 0.05) is 37.7 Å². The van der Waals surface area contributed by atoms with Gasteiger partial charge in [-0.1, -0.05) is 6.92 Å². The molecule has 6 nitrogen and oxygen atoms in total. The Kier molecular flexibility index (Phi) is 7.68. The first-order valence-corrected chi connectivity index (χ1v) is 9.27. The normalized spacial score (nSPS) is 20.1. The second-order valence-corrected chi connectivity index (χ2v) is 7.01. The Hall–Kier alpha value is -2.29. The van der Waals surface area contributed by atoms with Crippen LogP contribution in [-0.4, -0.2) is 49.2 Å². The largest absolute Gasteiger partial charge is 0.453 e. The summed E-state index contributed by atoms with van der Waals surface area (Å²) in [4.78, 5) is 25.7. The summed E-state index contributed by atoms with van der Waals surface area (Å²) in [5.74, 6) is -3.37. The van der Waals surface area contributed by atoms with Gasteiger partial charge < -0.3 is 20.7 Å². The van der Waals surface area contributed by atoms with E-state index in [1.54, 1.807) is 4.90 Å². The van der Waals surface area contributed by atoms with E-state index in [0.717, 1.165) is 12.5 Å². The Morgan fingerprint density at radius 2 is 1.96 bits per heavy atom. The zero-order chi connectivity index (χ0) is 20.8. The van der Waals surface area contributed by atoms with Crippen LogP contribution in [0.1, 0.15) is 31.7 Å². The molecule has 1 heterocycles. The molecule has 0 bridgehead atoms. The number of nitrogens with one attached hydrogen (secondary N) is 1. The summed E-state index contributed by atoms with van der Waals surface area (Å²) in [6, 6.07) is 0.480. The molecule has 3 N–H and O–H groups in total. The van der Waals surface area contributed by atoms with Gasteiger partial charge in [0.2, 0.25) is 5.91 Å². The van der Waals surface area contributed by atoms with Crippen molar-refractivity contribution in [1.29, 1.82) is 0 Å². The number of carbonyl (C=O) groups is 2. The summed E-state index contributed by atoms with van der Waals surface area (Å²) in [7, 11) is 1.29. The standard InChI is InChI=1S/C19H26F3N3O3/c1-3-17-11(10-24-19(27)28-2)4-5-25(17)18(26)8-13(23)6-12-7-15(21)16(22)9-14(12)20/h7,9,11,13,17H,3-6,8,10,23H2,1-2H3,(H,24,27)/t11-,13+,17+/m0/s1. The molecule has 0 unspecified atom stereocenters. The highest BCUT2D eigenvalue weighted by molar-refractivity contribution is 5.77. The molecule has 0 radical (unpaired) electrons. The van der Waals surface area contributed by atoms with Crippen LogP contribution < -0.4 is 11.1 Å². The molecule has 28 heavy (non-hydrogen) atoms. The van der Waals surface area contributed by atoms with Gasteiger partial charge >= 0.3 is 6.09 Å². The zero-order valence-corrected chi connectivity index (χ0v) is 16.0. The number of methoxy groups -OCH3 is 1. The third-order valence-corrected chi connectivity index (χ3v) is 5.13. The van der Waals surface area contributed by atoms with Gasteiger partial charge in [-0.05, 0) is 36.8 Å². The van der Waals surface area contributed by atoms with Crippen molar-refractivity contribution in [1.82, 2.24) is 10.2 Å². The highest BCUT2D eigenvalue weighted by Gasteiger charge is 2.36. The molecule has 1 fully saturated rings. The van der Waals surface area contributed by atoms with E-state index in [0.29, 0.717) is 25.6 Å². The molecule has 3 atom stereocenters. The van der Waals surface area contributed by atoms with Crippen molar-refractivity contribution in [3.05, 3.63) is 35.1 Å². The number of alkyl carbamates (subject to hydrolysis) is 1. The van der Waals surface area contributed by atoms with Crippen molar-refractivity contribution in [3.63, 3.8) is 0 Å². The molecule has 1 aromatic carbocycles. The number of benzene rings is 1. The van der Waals surface area contributed by atoms with E-state index in [2.05, 4.69) is 10.1 Å². The Labute approximate surface area is 162 Å². The predicted molar refractivity (Wildman–Crippen MR) is 96.9 cm³/mol. The number of nitrogens with two attached hydrogens (primary N) is 1. The minimum Gasteiger partial charge on any atom is -0.453 e. The number of halogens is 3. The van der Waals surface area contributed by atoms with E-state index in [1.807, 2.05) is 6.92 Å². The maximum absolute atomic E-state index is 13.8. The minimum atomic E-state index is -1.26. The Morgan fingerprint density at radius 1 is 1.29 bits per heavy atom. The SMILES string of the molecule is CC[C@@H]1[C@H](CNC(=O)OC)CCN1C(=O)C[C@H](N)Cc1cc(F)c(F)cc1F. The maximum atomic E-state index is 13.8. The fourth-order valence-electron chi connectivity index (χ4n) is 3.72. The average molecular weight is 401 g/mol. The summed E-state index contributed by atoms with van der Waals surface area (Å²) >= 11 is 0. The number of hydrogen-bond acceptors (Lipinski definition) is 4. The topological polar surface area (TPSA) is 84.7 Å². The third-order valence-electron chi connectivity index (χ3n) is 5.13. The van der Waals surface area contributed by atoms with E-state index in [1.165, 1.54) is 7.11 Å². The van der Waals surface area contributed by atoms with Crippen LogP contribution in [0.5, 0.6) is 0 Å². The number of hydrogen-bond donors (Lipinski definition) is 2. The van der Waals surface area contributed by atoms with Gasteiger partial charge in [-0.25, -0.2) is 18.0 Å². The van der Waals surface area contributed by atoms with E-state index in [-0.39, 0.29) is 36.3 Å². The van der Waals surface area contributed by atoms with Crippen molar-refractivity contribution >= 4 is 12.0 Å². The average Bonchev–Trinajstić information content (AvgIpc) is 3.07. The molecule has 9 heteroatoms. The quantitative estimate of drug-likeness (QED) is 0.687. The lowest BCUT2D eigenvalue weighted by Gasteiger charge is -2.28. The molecule has 1 aromatic rings. The van der Waals surface area contributed by atoms with Crippen molar-refractivity contribution in [2.75, 3.05) is 20.2 Å². The van der Waals surface area contributed by atoms with Crippen LogP contribution in [-0.2, 0) is 16.0 Å². The smallest absolute Gasteiger partial charge is 0.406 e. The lowest BCUT2D eigenvalue weighted by molar-refractivity contribution is -0.132. The molecule has 0 saturated carbocycles. The molecule has 0 aromatic heterocycles. The first kappa shape index (κ1) is 22.0. The highest BCUT2D eigenvalue weighted by Crippen LogP contribution is 2.27. The fourth-order valence-corrected chi connectivity index (χ4v) is 3.72. The van der Waals surface area contributed by atoms with Crippen LogP contribution in [0.3, 0.4) is 0 Å². The van der Waals surface area contributed by atoms with Crippen molar-refractivity contribution < 1.29 is 27.5 Å². The molecule has 0 aliphatic carbocycles. The maximum Gasteiger partial charge on any atom is 0.406 e. The molecule has 0 spiro atoms. The monoisotopic (exact) mass is 401 g/mol. The van der Waals surface area contributed by atoms with E-state index < -0.39 is 29.6 Å². The van der Waals surface area contributed by atoms with Crippen molar-refractivity contribution in [2.45, 2.75) is 44.7 Å². The highest BCUT2D eigenvalue weighted by atomic mass is 19.2. The summed E-state index contributed by atoms with van der Waals surface area (Å²) in [5, 5.41) is 2.66. The molecule has 1 saturated heterocycles. The summed E-state index contributed by atoms with van der Waals surface area (Å²) < 4.78 is 44.7. The number of ether oxygens (including phenoxy) is 1. The first-order chi connectivity index (χ1) is 13.3. The summed E-state index contributed by atoms with van der Waals surface area (Å²) in [6.45, 7) is 2.90. The molecule has 156 valence electrons. The summed E-state index contributed by atoms with van der Waals surface area (Å²) in [6.07, 6.45) is 0.821.